The van der Waals surface area contributed by atoms with Gasteiger partial charge in [0.05, 0.1) is 18.5 Å². The van der Waals surface area contributed by atoms with Gasteiger partial charge in [0.25, 0.3) is 5.91 Å². The zero-order valence-electron chi connectivity index (χ0n) is 29.8. The van der Waals surface area contributed by atoms with Gasteiger partial charge < -0.3 is 25.8 Å². The van der Waals surface area contributed by atoms with Gasteiger partial charge in [0.1, 0.15) is 17.6 Å². The van der Waals surface area contributed by atoms with Crippen LogP contribution in [0.2, 0.25) is 0 Å². The number of carbonyl (C=O) groups excluding carboxylic acids is 4. The number of halogens is 1. The predicted molar refractivity (Wildman–Crippen MR) is 191 cm³/mol. The third kappa shape index (κ3) is 9.54. The molecule has 1 saturated heterocycles. The second kappa shape index (κ2) is 16.2. The Morgan fingerprint density at radius 2 is 1.75 bits per heavy atom. The van der Waals surface area contributed by atoms with Crippen molar-refractivity contribution in [1.82, 2.24) is 40.1 Å². The van der Waals surface area contributed by atoms with E-state index in [2.05, 4.69) is 25.9 Å². The monoisotopic (exact) mass is 698 g/mol. The molecule has 1 unspecified atom stereocenters. The summed E-state index contributed by atoms with van der Waals surface area (Å²) in [4.78, 5) is 67.0. The van der Waals surface area contributed by atoms with E-state index >= 15 is 0 Å². The molecule has 0 aliphatic carbocycles. The van der Waals surface area contributed by atoms with Crippen LogP contribution >= 0.6 is 0 Å². The van der Waals surface area contributed by atoms with E-state index in [1.165, 1.54) is 12.1 Å². The molecule has 1 aliphatic heterocycles. The largest absolute Gasteiger partial charge is 0.351 e. The van der Waals surface area contributed by atoms with Gasteiger partial charge >= 0.3 is 0 Å². The van der Waals surface area contributed by atoms with Crippen molar-refractivity contribution in [3.05, 3.63) is 102 Å². The van der Waals surface area contributed by atoms with Crippen molar-refractivity contribution in [2.24, 2.45) is 5.41 Å². The maximum absolute atomic E-state index is 14.5. The molecule has 0 radical (unpaired) electrons. The Kier molecular flexibility index (Phi) is 11.8. The minimum atomic E-state index is -0.880. The number of nitrogens with zero attached hydrogens (tertiary/aromatic N) is 5. The first-order valence-corrected chi connectivity index (χ1v) is 17.3. The fraction of sp³-hybridized carbons (Fsp3) is 0.421. The van der Waals surface area contributed by atoms with E-state index in [0.29, 0.717) is 18.6 Å². The van der Waals surface area contributed by atoms with Gasteiger partial charge in [0.2, 0.25) is 23.5 Å². The highest BCUT2D eigenvalue weighted by Crippen LogP contribution is 2.27. The van der Waals surface area contributed by atoms with E-state index in [0.717, 1.165) is 11.1 Å². The van der Waals surface area contributed by atoms with E-state index < -0.39 is 29.6 Å². The van der Waals surface area contributed by atoms with Crippen molar-refractivity contribution < 1.29 is 23.6 Å². The number of likely N-dealkylation sites (N-methyl/N-ethyl adjacent to an activating group) is 1. The maximum Gasteiger partial charge on any atom is 0.274 e. The fourth-order valence-corrected chi connectivity index (χ4v) is 6.28. The molecular formula is C38H47FN8O4. The van der Waals surface area contributed by atoms with E-state index in [1.807, 2.05) is 51.1 Å². The van der Waals surface area contributed by atoms with Gasteiger partial charge in [-0.2, -0.15) is 0 Å². The van der Waals surface area contributed by atoms with Gasteiger partial charge in [-0.3, -0.25) is 23.6 Å². The molecule has 12 nitrogen and oxygen atoms in total. The maximum atomic E-state index is 14.5. The molecule has 5 rings (SSSR count). The summed E-state index contributed by atoms with van der Waals surface area (Å²) in [5.74, 6) is -1.12. The zero-order valence-corrected chi connectivity index (χ0v) is 29.8. The molecule has 4 atom stereocenters. The quantitative estimate of drug-likeness (QED) is 0.195. The summed E-state index contributed by atoms with van der Waals surface area (Å²) in [5.41, 5.74) is 1.25. The molecule has 0 spiro atoms. The van der Waals surface area contributed by atoms with Gasteiger partial charge in [-0.15, -0.1) is 0 Å². The molecule has 2 aromatic heterocycles. The molecule has 270 valence electrons. The molecule has 3 heterocycles. The number of fused-ring (bicyclic) bond motifs is 1. The summed E-state index contributed by atoms with van der Waals surface area (Å²) in [6.45, 7) is 7.98. The van der Waals surface area contributed by atoms with Crippen LogP contribution in [0.25, 0.3) is 5.78 Å². The van der Waals surface area contributed by atoms with Crippen molar-refractivity contribution in [3.8, 4) is 0 Å². The number of imidazole rings is 1. The predicted octanol–water partition coefficient (Wildman–Crippen LogP) is 3.02. The number of carbonyl (C=O) groups is 4. The Hall–Kier alpha value is -5.17. The lowest BCUT2D eigenvalue weighted by atomic mass is 9.85. The molecule has 1 fully saturated rings. The lowest BCUT2D eigenvalue weighted by molar-refractivity contribution is -0.140. The lowest BCUT2D eigenvalue weighted by Crippen LogP contribution is -2.59. The molecular weight excluding hydrogens is 651 g/mol. The normalized spacial score (nSPS) is 17.2. The van der Waals surface area contributed by atoms with Crippen molar-refractivity contribution in [1.29, 1.82) is 0 Å². The van der Waals surface area contributed by atoms with Crippen LogP contribution in [-0.2, 0) is 27.2 Å². The first-order valence-electron chi connectivity index (χ1n) is 17.3. The van der Waals surface area contributed by atoms with Crippen LogP contribution in [0, 0.1) is 11.2 Å². The minimum absolute atomic E-state index is 0.135. The van der Waals surface area contributed by atoms with Crippen LogP contribution in [0.15, 0.2) is 79.3 Å². The third-order valence-electron chi connectivity index (χ3n) is 9.25. The highest BCUT2D eigenvalue weighted by atomic mass is 19.1. The molecule has 4 amide bonds. The van der Waals surface area contributed by atoms with Crippen LogP contribution in [0.3, 0.4) is 0 Å². The highest BCUT2D eigenvalue weighted by molar-refractivity contribution is 5.93. The van der Waals surface area contributed by atoms with Crippen LogP contribution in [0.5, 0.6) is 0 Å². The molecule has 4 aromatic rings. The second-order valence-electron chi connectivity index (χ2n) is 14.2. The number of benzene rings is 2. The molecule has 0 bridgehead atoms. The Morgan fingerprint density at radius 1 is 1.02 bits per heavy atom. The Morgan fingerprint density at radius 3 is 2.41 bits per heavy atom. The summed E-state index contributed by atoms with van der Waals surface area (Å²) in [7, 11) is 1.67. The van der Waals surface area contributed by atoms with Crippen molar-refractivity contribution in [2.45, 2.75) is 71.1 Å². The van der Waals surface area contributed by atoms with E-state index in [1.54, 1.807) is 65.0 Å². The molecule has 13 heteroatoms. The Bertz CT molecular complexity index is 1790. The van der Waals surface area contributed by atoms with Crippen LogP contribution in [0.4, 0.5) is 4.39 Å². The minimum Gasteiger partial charge on any atom is -0.351 e. The van der Waals surface area contributed by atoms with Gasteiger partial charge in [-0.05, 0) is 61.6 Å². The molecule has 51 heavy (non-hydrogen) atoms. The second-order valence-corrected chi connectivity index (χ2v) is 14.2. The smallest absolute Gasteiger partial charge is 0.274 e. The average molecular weight is 699 g/mol. The first-order chi connectivity index (χ1) is 24.3. The number of aromatic nitrogens is 3. The van der Waals surface area contributed by atoms with Gasteiger partial charge in [0.15, 0.2) is 0 Å². The fourth-order valence-electron chi connectivity index (χ4n) is 6.28. The lowest BCUT2D eigenvalue weighted by Gasteiger charge is -2.37. The summed E-state index contributed by atoms with van der Waals surface area (Å²) in [6.07, 6.45) is 5.97. The number of hydrogen-bond acceptors (Lipinski definition) is 7. The first kappa shape index (κ1) is 37.1. The number of hydrogen-bond donors (Lipinski definition) is 3. The van der Waals surface area contributed by atoms with E-state index in [4.69, 9.17) is 0 Å². The molecule has 0 saturated carbocycles. The molecule has 1 aliphatic rings. The van der Waals surface area contributed by atoms with E-state index in [-0.39, 0.29) is 61.2 Å². The Balaban J connectivity index is 1.44. The van der Waals surface area contributed by atoms with Crippen molar-refractivity contribution >= 4 is 29.4 Å². The Labute approximate surface area is 297 Å². The summed E-state index contributed by atoms with van der Waals surface area (Å²) in [5, 5.41) is 8.98. The average Bonchev–Trinajstić information content (AvgIpc) is 3.72. The standard InChI is InChI=1S/C38H47FN8O4/c1-25(40-5)34(49)44-33(38(2,3)4)36(51)47-22-29(42-32(48)20-27-10-7-6-8-11-27)21-30(47)23-45(19-16-26-12-14-28(39)15-13-26)35(50)31-24-46-18-9-17-41-37(46)43-31/h6-15,17-18,24-25,29-30,33,40H,16,19-23H2,1-5H3,(H,42,48)(H,44,49)/t25-,29-,30?,33+/m0/s1. The van der Waals surface area contributed by atoms with Crippen LogP contribution in [-0.4, -0.2) is 98.6 Å². The number of rotatable bonds is 13. The van der Waals surface area contributed by atoms with Gasteiger partial charge in [-0.25, -0.2) is 14.4 Å². The van der Waals surface area contributed by atoms with Crippen LogP contribution in [0.1, 0.15) is 55.7 Å². The SMILES string of the molecule is CN[C@@H](C)C(=O)N[C@H](C(=O)N1C[C@@H](NC(=O)Cc2ccccc2)CC1CN(CCc1ccc(F)cc1)C(=O)c1cn2cccnc2n1)C(C)(C)C. The number of amides is 4. The van der Waals surface area contributed by atoms with Crippen molar-refractivity contribution in [2.75, 3.05) is 26.7 Å². The highest BCUT2D eigenvalue weighted by Gasteiger charge is 2.44. The van der Waals surface area contributed by atoms with Gasteiger partial charge in [-0.1, -0.05) is 63.2 Å². The number of nitrogens with one attached hydrogen (secondary N) is 3. The zero-order chi connectivity index (χ0) is 36.7. The summed E-state index contributed by atoms with van der Waals surface area (Å²) < 4.78 is 15.4. The summed E-state index contributed by atoms with van der Waals surface area (Å²) >= 11 is 0. The topological polar surface area (TPSA) is 141 Å². The molecule has 2 aromatic carbocycles. The molecule has 3 N–H and O–H groups in total. The van der Waals surface area contributed by atoms with E-state index in [9.17, 15) is 23.6 Å². The third-order valence-corrected chi connectivity index (χ3v) is 9.25. The van der Waals surface area contributed by atoms with Gasteiger partial charge in [0, 0.05) is 44.3 Å². The van der Waals surface area contributed by atoms with Crippen molar-refractivity contribution in [3.63, 3.8) is 0 Å². The summed E-state index contributed by atoms with van der Waals surface area (Å²) in [6, 6.07) is 15.0. The van der Waals surface area contributed by atoms with Crippen LogP contribution < -0.4 is 16.0 Å². The number of likely N-dealkylation sites (tertiary alicyclic amines) is 1.